The summed E-state index contributed by atoms with van der Waals surface area (Å²) < 4.78 is 29.6. The first kappa shape index (κ1) is 4.21. The van der Waals surface area contributed by atoms with Gasteiger partial charge in [-0.25, -0.2) is 6.57 Å². The Morgan fingerprint density at radius 3 is 2.58 bits per heavy atom. The van der Waals surface area contributed by atoms with E-state index in [0.29, 0.717) is 0 Å². The van der Waals surface area contributed by atoms with E-state index in [2.05, 4.69) is 4.85 Å². The topological polar surface area (TPSA) is 47.5 Å². The molecule has 0 atom stereocenters. The highest BCUT2D eigenvalue weighted by Gasteiger charge is 2.03. The van der Waals surface area contributed by atoms with Crippen molar-refractivity contribution in [3.05, 3.63) is 51.3 Å². The van der Waals surface area contributed by atoms with E-state index < -0.39 is 34.8 Å². The highest BCUT2D eigenvalue weighted by molar-refractivity contribution is 5.33. The van der Waals surface area contributed by atoms with Crippen molar-refractivity contribution in [3.63, 3.8) is 0 Å². The molecule has 1 aromatic carbocycles. The van der Waals surface area contributed by atoms with Crippen LogP contribution in [0.5, 0.6) is 0 Å². The van der Waals surface area contributed by atoms with Gasteiger partial charge in [-0.15, -0.1) is 0 Å². The fraction of sp³-hybridized carbons (Fsp3) is 0.125. The van der Waals surface area contributed by atoms with Gasteiger partial charge in [0.25, 0.3) is 5.69 Å². The van der Waals surface area contributed by atoms with Gasteiger partial charge < -0.3 is 4.85 Å². The highest BCUT2D eigenvalue weighted by atomic mass is 16.6. The van der Waals surface area contributed by atoms with Crippen LogP contribution in [-0.4, -0.2) is 4.92 Å². The van der Waals surface area contributed by atoms with Crippen LogP contribution in [0.1, 0.15) is 11.0 Å². The van der Waals surface area contributed by atoms with Crippen molar-refractivity contribution in [2.24, 2.45) is 0 Å². The molecule has 60 valence electrons. The second-order valence-electron chi connectivity index (χ2n) is 1.90. The van der Waals surface area contributed by atoms with Crippen LogP contribution in [-0.2, 0) is 6.54 Å². The lowest BCUT2D eigenvalue weighted by molar-refractivity contribution is -0.384. The van der Waals surface area contributed by atoms with E-state index in [9.17, 15) is 10.1 Å². The van der Waals surface area contributed by atoms with E-state index in [1.54, 1.807) is 0 Å². The summed E-state index contributed by atoms with van der Waals surface area (Å²) in [6.45, 7) is 6.29. The molecule has 0 aliphatic heterocycles. The van der Waals surface area contributed by atoms with Crippen LogP contribution in [0.2, 0.25) is 0 Å². The van der Waals surface area contributed by atoms with Crippen molar-refractivity contribution in [1.29, 1.82) is 0 Å². The summed E-state index contributed by atoms with van der Waals surface area (Å²) in [6, 6.07) is -2.48. The van der Waals surface area contributed by atoms with Gasteiger partial charge in [0.15, 0.2) is 0 Å². The Labute approximate surface area is 75.0 Å². The minimum atomic E-state index is -0.956. The van der Waals surface area contributed by atoms with E-state index in [-0.39, 0.29) is 12.1 Å². The smallest absolute Gasteiger partial charge is 0.269 e. The van der Waals surface area contributed by atoms with Crippen molar-refractivity contribution < 1.29 is 10.4 Å². The Bertz CT molecular complexity index is 481. The van der Waals surface area contributed by atoms with Gasteiger partial charge in [-0.1, -0.05) is 0 Å². The average molecular weight is 166 g/mol. The normalized spacial score (nSPS) is 13.6. The maximum atomic E-state index is 10.6. The third-order valence-corrected chi connectivity index (χ3v) is 1.08. The first-order chi connectivity index (χ1) is 7.41. The fourth-order valence-corrected chi connectivity index (χ4v) is 0.581. The van der Waals surface area contributed by atoms with Crippen LogP contribution in [0.3, 0.4) is 0 Å². The molecule has 1 rings (SSSR count). The molecule has 4 nitrogen and oxygen atoms in total. The van der Waals surface area contributed by atoms with E-state index in [0.717, 1.165) is 0 Å². The zero-order chi connectivity index (χ0) is 12.5. The van der Waals surface area contributed by atoms with E-state index in [4.69, 9.17) is 12.1 Å². The number of benzene rings is 1. The Balaban J connectivity index is 3.64. The third-order valence-electron chi connectivity index (χ3n) is 1.08. The SMILES string of the molecule is [2H]c1c([2H])c([N+](=O)[O-])c([2H])c([2H])c1C[N+]#[C-]. The maximum absolute atomic E-state index is 10.6. The Morgan fingerprint density at radius 2 is 2.17 bits per heavy atom. The van der Waals surface area contributed by atoms with Gasteiger partial charge in [0, 0.05) is 17.6 Å². The lowest BCUT2D eigenvalue weighted by atomic mass is 10.2. The minimum Gasteiger partial charge on any atom is -0.312 e. The van der Waals surface area contributed by atoms with E-state index in [1.165, 1.54) is 0 Å². The second kappa shape index (κ2) is 3.49. The molecular formula is C8H6N2O2. The number of nitro groups is 1. The molecule has 0 amide bonds. The average Bonchev–Trinajstić information content (AvgIpc) is 2.21. The Hall–Kier alpha value is -1.89. The third kappa shape index (κ3) is 1.80. The van der Waals surface area contributed by atoms with Gasteiger partial charge in [-0.2, -0.15) is 0 Å². The molecule has 0 aliphatic carbocycles. The highest BCUT2D eigenvalue weighted by Crippen LogP contribution is 2.12. The molecule has 12 heavy (non-hydrogen) atoms. The maximum Gasteiger partial charge on any atom is 0.269 e. The predicted molar refractivity (Wildman–Crippen MR) is 43.4 cm³/mol. The van der Waals surface area contributed by atoms with Crippen LogP contribution in [0.15, 0.2) is 24.2 Å². The van der Waals surface area contributed by atoms with Crippen molar-refractivity contribution in [1.82, 2.24) is 0 Å². The van der Waals surface area contributed by atoms with E-state index >= 15 is 0 Å². The molecule has 0 bridgehead atoms. The molecule has 4 heteroatoms. The standard InChI is InChI=1S/C8H6N2O2/c1-9-6-7-2-4-8(5-3-7)10(11)12/h2-5H,6H2/i2D,3D,4D,5D. The molecule has 0 fully saturated rings. The van der Waals surface area contributed by atoms with Crippen LogP contribution in [0, 0.1) is 16.7 Å². The second-order valence-corrected chi connectivity index (χ2v) is 1.90. The lowest BCUT2D eigenvalue weighted by Crippen LogP contribution is -1.87. The molecule has 0 heterocycles. The first-order valence-corrected chi connectivity index (χ1v) is 2.98. The van der Waals surface area contributed by atoms with Gasteiger partial charge in [-0.05, 0) is 12.1 Å². The fourth-order valence-electron chi connectivity index (χ4n) is 0.581. The lowest BCUT2D eigenvalue weighted by Gasteiger charge is -1.91. The summed E-state index contributed by atoms with van der Waals surface area (Å²) in [5, 5.41) is 10.6. The minimum absolute atomic E-state index is 0.115. The molecule has 0 unspecified atom stereocenters. The van der Waals surface area contributed by atoms with Gasteiger partial charge in [-0.3, -0.25) is 10.1 Å². The number of hydrogen-bond donors (Lipinski definition) is 0. The molecule has 0 spiro atoms. The Morgan fingerprint density at radius 1 is 1.58 bits per heavy atom. The summed E-state index contributed by atoms with van der Waals surface area (Å²) in [5.41, 5.74) is -0.973. The number of hydrogen-bond acceptors (Lipinski definition) is 2. The quantitative estimate of drug-likeness (QED) is 0.383. The van der Waals surface area contributed by atoms with Crippen molar-refractivity contribution in [2.45, 2.75) is 6.54 Å². The first-order valence-electron chi connectivity index (χ1n) is 4.98. The van der Waals surface area contributed by atoms with Gasteiger partial charge in [0.1, 0.15) is 0 Å². The van der Waals surface area contributed by atoms with Crippen LogP contribution < -0.4 is 0 Å². The van der Waals surface area contributed by atoms with Crippen LogP contribution >= 0.6 is 0 Å². The van der Waals surface area contributed by atoms with Gasteiger partial charge >= 0.3 is 0 Å². The van der Waals surface area contributed by atoms with E-state index in [1.807, 2.05) is 0 Å². The Kier molecular flexibility index (Phi) is 1.22. The summed E-state index contributed by atoms with van der Waals surface area (Å²) >= 11 is 0. The molecule has 1 aromatic rings. The number of nitrogens with zero attached hydrogens (tertiary/aromatic N) is 2. The largest absolute Gasteiger partial charge is 0.312 e. The summed E-state index contributed by atoms with van der Waals surface area (Å²) in [4.78, 5) is 12.6. The zero-order valence-corrected chi connectivity index (χ0v) is 5.92. The summed E-state index contributed by atoms with van der Waals surface area (Å²) in [6.07, 6.45) is 0. The molecular weight excluding hydrogens is 156 g/mol. The molecule has 0 saturated heterocycles. The van der Waals surface area contributed by atoms with Crippen LogP contribution in [0.25, 0.3) is 4.85 Å². The van der Waals surface area contributed by atoms with Crippen molar-refractivity contribution in [2.75, 3.05) is 0 Å². The van der Waals surface area contributed by atoms with Crippen LogP contribution in [0.4, 0.5) is 5.69 Å². The molecule has 0 saturated carbocycles. The number of nitro benzene ring substituents is 1. The molecule has 0 N–H and O–H groups in total. The predicted octanol–water partition coefficient (Wildman–Crippen LogP) is 2.01. The van der Waals surface area contributed by atoms with Crippen molar-refractivity contribution in [3.8, 4) is 0 Å². The van der Waals surface area contributed by atoms with Crippen molar-refractivity contribution >= 4 is 5.69 Å². The number of rotatable bonds is 2. The summed E-state index contributed by atoms with van der Waals surface area (Å²) in [5.74, 6) is 0. The molecule has 0 aromatic heterocycles. The molecule has 0 radical (unpaired) electrons. The molecule has 0 aliphatic rings. The van der Waals surface area contributed by atoms with Gasteiger partial charge in [0.2, 0.25) is 6.54 Å². The summed E-state index contributed by atoms with van der Waals surface area (Å²) in [7, 11) is 0. The van der Waals surface area contributed by atoms with Gasteiger partial charge in [0.05, 0.1) is 10.4 Å². The monoisotopic (exact) mass is 166 g/mol. The zero-order valence-electron chi connectivity index (χ0n) is 9.92.